The van der Waals surface area contributed by atoms with E-state index in [9.17, 15) is 4.21 Å². The Balaban J connectivity index is 1.70. The van der Waals surface area contributed by atoms with E-state index < -0.39 is 10.8 Å². The van der Waals surface area contributed by atoms with Crippen LogP contribution in [0.1, 0.15) is 12.8 Å². The minimum atomic E-state index is -0.996. The molecule has 0 amide bonds. The number of likely N-dealkylation sites (tertiary alicyclic amines) is 1. The molecule has 1 aliphatic rings. The van der Waals surface area contributed by atoms with Gasteiger partial charge in [0.25, 0.3) is 0 Å². The van der Waals surface area contributed by atoms with Crippen LogP contribution in [0.15, 0.2) is 22.5 Å². The Morgan fingerprint density at radius 1 is 1.37 bits per heavy atom. The molecule has 19 heavy (non-hydrogen) atoms. The van der Waals surface area contributed by atoms with Crippen molar-refractivity contribution >= 4 is 44.0 Å². The third kappa shape index (κ3) is 3.16. The molecular formula is C13H15ClN2OS2. The zero-order chi connectivity index (χ0) is 13.2. The fraction of sp³-hybridized carbons (Fsp3) is 0.462. The lowest BCUT2D eigenvalue weighted by atomic mass is 10.3. The van der Waals surface area contributed by atoms with Crippen molar-refractivity contribution in [2.24, 2.45) is 0 Å². The van der Waals surface area contributed by atoms with E-state index in [1.54, 1.807) is 0 Å². The number of nitrogens with zero attached hydrogens (tertiary/aromatic N) is 2. The van der Waals surface area contributed by atoms with Crippen LogP contribution >= 0.6 is 22.9 Å². The second-order valence-electron chi connectivity index (χ2n) is 4.69. The summed E-state index contributed by atoms with van der Waals surface area (Å²) in [5.74, 6) is 0.674. The molecule has 1 unspecified atom stereocenters. The fourth-order valence-electron chi connectivity index (χ4n) is 2.28. The molecule has 1 aliphatic heterocycles. The highest BCUT2D eigenvalue weighted by molar-refractivity contribution is 7.87. The summed E-state index contributed by atoms with van der Waals surface area (Å²) in [7, 11) is -0.996. The average Bonchev–Trinajstić information content (AvgIpc) is 3.04. The summed E-state index contributed by atoms with van der Waals surface area (Å²) in [5, 5.41) is 0.673. The van der Waals surface area contributed by atoms with Crippen molar-refractivity contribution in [1.82, 2.24) is 9.88 Å². The van der Waals surface area contributed by atoms with E-state index in [1.807, 2.05) is 18.2 Å². The lowest BCUT2D eigenvalue weighted by Gasteiger charge is -2.12. The Bertz CT molecular complexity index is 608. The molecule has 1 aromatic heterocycles. The third-order valence-electron chi connectivity index (χ3n) is 3.32. The van der Waals surface area contributed by atoms with Crippen molar-refractivity contribution in [2.45, 2.75) is 17.2 Å². The molecule has 0 radical (unpaired) electrons. The fourth-order valence-corrected chi connectivity index (χ4v) is 4.82. The third-order valence-corrected chi connectivity index (χ3v) is 6.22. The summed E-state index contributed by atoms with van der Waals surface area (Å²) >= 11 is 7.45. The van der Waals surface area contributed by atoms with Gasteiger partial charge in [-0.05, 0) is 44.1 Å². The summed E-state index contributed by atoms with van der Waals surface area (Å²) in [6.45, 7) is 3.20. The van der Waals surface area contributed by atoms with Crippen LogP contribution in [0.25, 0.3) is 10.2 Å². The van der Waals surface area contributed by atoms with Gasteiger partial charge in [-0.25, -0.2) is 4.98 Å². The highest BCUT2D eigenvalue weighted by atomic mass is 35.5. The van der Waals surface area contributed by atoms with Gasteiger partial charge in [0.2, 0.25) is 0 Å². The summed E-state index contributed by atoms with van der Waals surface area (Å²) in [6, 6.07) is 5.62. The average molecular weight is 315 g/mol. The van der Waals surface area contributed by atoms with E-state index in [0.29, 0.717) is 10.8 Å². The molecule has 0 aliphatic carbocycles. The molecule has 0 spiro atoms. The van der Waals surface area contributed by atoms with Gasteiger partial charge >= 0.3 is 0 Å². The molecule has 1 aromatic carbocycles. The number of thiazole rings is 1. The molecule has 0 saturated carbocycles. The van der Waals surface area contributed by atoms with E-state index in [0.717, 1.165) is 34.2 Å². The van der Waals surface area contributed by atoms with Gasteiger partial charge in [0.1, 0.15) is 0 Å². The normalized spacial score (nSPS) is 18.2. The Morgan fingerprint density at radius 2 is 2.16 bits per heavy atom. The van der Waals surface area contributed by atoms with E-state index >= 15 is 0 Å². The van der Waals surface area contributed by atoms with Crippen LogP contribution in [0.4, 0.5) is 0 Å². The maximum Gasteiger partial charge on any atom is 0.181 e. The molecule has 3 rings (SSSR count). The van der Waals surface area contributed by atoms with Crippen LogP contribution in [0.3, 0.4) is 0 Å². The van der Waals surface area contributed by atoms with Crippen molar-refractivity contribution in [2.75, 3.05) is 25.4 Å². The Labute approximate surface area is 124 Å². The van der Waals surface area contributed by atoms with Crippen LogP contribution in [0.2, 0.25) is 5.02 Å². The molecule has 102 valence electrons. The number of benzene rings is 1. The van der Waals surface area contributed by atoms with Crippen LogP contribution in [0, 0.1) is 0 Å². The van der Waals surface area contributed by atoms with Gasteiger partial charge in [-0.3, -0.25) is 4.21 Å². The topological polar surface area (TPSA) is 33.2 Å². The van der Waals surface area contributed by atoms with Gasteiger partial charge < -0.3 is 4.90 Å². The number of hydrogen-bond acceptors (Lipinski definition) is 4. The van der Waals surface area contributed by atoms with Crippen LogP contribution in [-0.2, 0) is 10.8 Å². The van der Waals surface area contributed by atoms with Gasteiger partial charge in [0.15, 0.2) is 4.34 Å². The molecule has 1 saturated heterocycles. The van der Waals surface area contributed by atoms with Crippen LogP contribution < -0.4 is 0 Å². The van der Waals surface area contributed by atoms with Gasteiger partial charge in [-0.15, -0.1) is 11.3 Å². The van der Waals surface area contributed by atoms with E-state index in [-0.39, 0.29) is 0 Å². The van der Waals surface area contributed by atoms with E-state index in [2.05, 4.69) is 9.88 Å². The largest absolute Gasteiger partial charge is 0.302 e. The van der Waals surface area contributed by atoms with Crippen molar-refractivity contribution in [3.8, 4) is 0 Å². The maximum atomic E-state index is 12.3. The van der Waals surface area contributed by atoms with Crippen LogP contribution in [-0.4, -0.2) is 39.5 Å². The summed E-state index contributed by atoms with van der Waals surface area (Å²) < 4.78 is 14.0. The summed E-state index contributed by atoms with van der Waals surface area (Å²) in [4.78, 5) is 6.81. The number of hydrogen-bond donors (Lipinski definition) is 0. The first kappa shape index (κ1) is 13.5. The highest BCUT2D eigenvalue weighted by Crippen LogP contribution is 2.27. The van der Waals surface area contributed by atoms with Crippen molar-refractivity contribution in [1.29, 1.82) is 0 Å². The molecule has 2 aromatic rings. The Kier molecular flexibility index (Phi) is 4.17. The van der Waals surface area contributed by atoms with Gasteiger partial charge in [0, 0.05) is 17.3 Å². The zero-order valence-electron chi connectivity index (χ0n) is 10.5. The molecule has 1 fully saturated rings. The highest BCUT2D eigenvalue weighted by Gasteiger charge is 2.15. The monoisotopic (exact) mass is 314 g/mol. The smallest absolute Gasteiger partial charge is 0.181 e. The number of halogens is 1. The van der Waals surface area contributed by atoms with E-state index in [1.165, 1.54) is 24.2 Å². The minimum absolute atomic E-state index is 0.673. The molecule has 0 N–H and O–H groups in total. The first-order valence-corrected chi connectivity index (χ1v) is 8.90. The molecule has 1 atom stereocenters. The molecule has 6 heteroatoms. The maximum absolute atomic E-state index is 12.3. The summed E-state index contributed by atoms with van der Waals surface area (Å²) in [6.07, 6.45) is 2.54. The van der Waals surface area contributed by atoms with E-state index in [4.69, 9.17) is 11.6 Å². The second kappa shape index (κ2) is 5.87. The predicted octanol–water partition coefficient (Wildman–Crippen LogP) is 3.15. The first-order chi connectivity index (χ1) is 9.22. The minimum Gasteiger partial charge on any atom is -0.302 e. The molecule has 2 heterocycles. The summed E-state index contributed by atoms with van der Waals surface area (Å²) in [5.41, 5.74) is 0.849. The number of rotatable bonds is 4. The number of aromatic nitrogens is 1. The standard InChI is InChI=1S/C13H15ClN2OS2/c14-10-3-4-12-11(9-10)15-13(18-12)19(17)8-7-16-5-1-2-6-16/h3-4,9H,1-2,5-8H2. The first-order valence-electron chi connectivity index (χ1n) is 6.39. The quantitative estimate of drug-likeness (QED) is 0.869. The SMILES string of the molecule is O=S(CCN1CCCC1)c1nc2cc(Cl)ccc2s1. The van der Waals surface area contributed by atoms with Gasteiger partial charge in [-0.1, -0.05) is 11.6 Å². The lowest BCUT2D eigenvalue weighted by Crippen LogP contribution is -2.24. The Morgan fingerprint density at radius 3 is 2.95 bits per heavy atom. The zero-order valence-corrected chi connectivity index (χ0v) is 12.9. The Hall–Kier alpha value is -0.490. The molecule has 3 nitrogen and oxygen atoms in total. The molecular weight excluding hydrogens is 300 g/mol. The van der Waals surface area contributed by atoms with Crippen molar-refractivity contribution in [3.63, 3.8) is 0 Å². The lowest BCUT2D eigenvalue weighted by molar-refractivity contribution is 0.361. The predicted molar refractivity (Wildman–Crippen MR) is 81.6 cm³/mol. The van der Waals surface area contributed by atoms with Gasteiger partial charge in [0.05, 0.1) is 21.0 Å². The second-order valence-corrected chi connectivity index (χ2v) is 7.90. The van der Waals surface area contributed by atoms with Gasteiger partial charge in [-0.2, -0.15) is 0 Å². The van der Waals surface area contributed by atoms with Crippen LogP contribution in [0.5, 0.6) is 0 Å². The number of fused-ring (bicyclic) bond motifs is 1. The van der Waals surface area contributed by atoms with Crippen molar-refractivity contribution < 1.29 is 4.21 Å². The molecule has 0 bridgehead atoms. The van der Waals surface area contributed by atoms with Crippen molar-refractivity contribution in [3.05, 3.63) is 23.2 Å².